The minimum absolute atomic E-state index is 0.166. The number of benzene rings is 2. The zero-order valence-corrected chi connectivity index (χ0v) is 27.7. The number of amides is 2. The van der Waals surface area contributed by atoms with Crippen LogP contribution in [0.15, 0.2) is 60.7 Å². The number of nitrogens with zero attached hydrogens (tertiary/aromatic N) is 1. The van der Waals surface area contributed by atoms with Crippen LogP contribution in [0.1, 0.15) is 83.8 Å². The van der Waals surface area contributed by atoms with Crippen molar-refractivity contribution in [1.29, 1.82) is 0 Å². The van der Waals surface area contributed by atoms with Crippen LogP contribution in [0.25, 0.3) is 0 Å². The first-order valence-electron chi connectivity index (χ1n) is 16.7. The molecule has 9 heteroatoms. The number of nitrogens with one attached hydrogen (secondary N) is 1. The van der Waals surface area contributed by atoms with Crippen LogP contribution in [0.2, 0.25) is 0 Å². The maximum absolute atomic E-state index is 13.0. The van der Waals surface area contributed by atoms with Gasteiger partial charge in [0.15, 0.2) is 6.29 Å². The Bertz CT molecular complexity index is 1090. The molecule has 1 heterocycles. The van der Waals surface area contributed by atoms with Gasteiger partial charge in [0, 0.05) is 39.8 Å². The molecule has 2 aromatic carbocycles. The molecule has 9 nitrogen and oxygen atoms in total. The zero-order chi connectivity index (χ0) is 32.3. The van der Waals surface area contributed by atoms with E-state index in [1.54, 1.807) is 4.90 Å². The zero-order valence-electron chi connectivity index (χ0n) is 27.7. The number of unbranched alkanes of at least 4 members (excludes halogenated alkanes) is 4. The molecular weight excluding hydrogens is 572 g/mol. The first-order chi connectivity index (χ1) is 21.9. The Hall–Kier alpha value is -2.98. The lowest BCUT2D eigenvalue weighted by Gasteiger charge is -2.45. The fraction of sp³-hybridized carbons (Fsp3) is 0.611. The molecule has 2 unspecified atom stereocenters. The average Bonchev–Trinajstić information content (AvgIpc) is 3.04. The van der Waals surface area contributed by atoms with Gasteiger partial charge in [-0.2, -0.15) is 0 Å². The van der Waals surface area contributed by atoms with E-state index in [-0.39, 0.29) is 36.9 Å². The van der Waals surface area contributed by atoms with Crippen LogP contribution >= 0.6 is 0 Å². The van der Waals surface area contributed by atoms with Crippen LogP contribution in [0.5, 0.6) is 0 Å². The van der Waals surface area contributed by atoms with E-state index in [1.165, 1.54) is 6.92 Å². The fourth-order valence-corrected chi connectivity index (χ4v) is 5.31. The summed E-state index contributed by atoms with van der Waals surface area (Å²) >= 11 is 0. The Kier molecular flexibility index (Phi) is 17.0. The normalized spacial score (nSPS) is 21.3. The van der Waals surface area contributed by atoms with E-state index in [0.717, 1.165) is 56.1 Å². The van der Waals surface area contributed by atoms with Crippen molar-refractivity contribution < 1.29 is 33.3 Å². The Morgan fingerprint density at radius 3 is 2.00 bits per heavy atom. The molecule has 0 bridgehead atoms. The van der Waals surface area contributed by atoms with Gasteiger partial charge in [0.25, 0.3) is 0 Å². The first-order valence-corrected chi connectivity index (χ1v) is 16.7. The molecule has 3 rings (SSSR count). The highest BCUT2D eigenvalue weighted by Gasteiger charge is 2.46. The van der Waals surface area contributed by atoms with Gasteiger partial charge in [-0.15, -0.1) is 0 Å². The van der Waals surface area contributed by atoms with Gasteiger partial charge in [-0.3, -0.25) is 4.79 Å². The summed E-state index contributed by atoms with van der Waals surface area (Å²) in [5, 5.41) is 3.02. The number of carbonyl (C=O) groups excluding carboxylic acids is 2. The third-order valence-corrected chi connectivity index (χ3v) is 7.80. The molecule has 0 saturated carbocycles. The van der Waals surface area contributed by atoms with Gasteiger partial charge in [-0.1, -0.05) is 87.4 Å². The summed E-state index contributed by atoms with van der Waals surface area (Å²) in [5.74, 6) is -0.166. The third-order valence-electron chi connectivity index (χ3n) is 7.80. The van der Waals surface area contributed by atoms with E-state index in [4.69, 9.17) is 23.7 Å². The van der Waals surface area contributed by atoms with Crippen molar-refractivity contribution in [3.05, 3.63) is 71.8 Å². The van der Waals surface area contributed by atoms with Gasteiger partial charge in [0.05, 0.1) is 6.10 Å². The van der Waals surface area contributed by atoms with Crippen LogP contribution in [-0.2, 0) is 41.6 Å². The number of hydrogen-bond donors (Lipinski definition) is 1. The molecule has 5 atom stereocenters. The standard InChI is InChI=1S/C36H54N2O7/c1-5-7-23-41-33-28(3)45-35(32(37-29(4)39)34(33)42-24-8-6-2)43-25-17-11-16-22-38(26-30-18-12-9-13-19-30)36(40)44-27-31-20-14-10-15-21-31/h9-10,12-15,18-21,28,32-35H,5-8,11,16-17,22-27H2,1-4H3,(H,37,39)/t28?,32-,33+,34?,35-/m0/s1. The molecule has 2 aromatic rings. The van der Waals surface area contributed by atoms with Gasteiger partial charge < -0.3 is 33.9 Å². The lowest BCUT2D eigenvalue weighted by atomic mass is 9.96. The van der Waals surface area contributed by atoms with E-state index < -0.39 is 12.3 Å². The minimum atomic E-state index is -0.649. The Morgan fingerprint density at radius 2 is 1.38 bits per heavy atom. The molecule has 1 aliphatic rings. The smallest absolute Gasteiger partial charge is 0.410 e. The van der Waals surface area contributed by atoms with Crippen molar-refractivity contribution >= 4 is 12.0 Å². The van der Waals surface area contributed by atoms with Crippen molar-refractivity contribution in [1.82, 2.24) is 10.2 Å². The highest BCUT2D eigenvalue weighted by molar-refractivity contribution is 5.73. The molecular formula is C36H54N2O7. The lowest BCUT2D eigenvalue weighted by molar-refractivity contribution is -0.276. The van der Waals surface area contributed by atoms with Crippen LogP contribution in [0, 0.1) is 0 Å². The van der Waals surface area contributed by atoms with Gasteiger partial charge >= 0.3 is 6.09 Å². The van der Waals surface area contributed by atoms with Gasteiger partial charge in [0.2, 0.25) is 5.91 Å². The molecule has 250 valence electrons. The minimum Gasteiger partial charge on any atom is -0.445 e. The van der Waals surface area contributed by atoms with Crippen LogP contribution in [0.4, 0.5) is 4.79 Å². The second-order valence-electron chi connectivity index (χ2n) is 11.7. The molecule has 0 radical (unpaired) electrons. The SMILES string of the molecule is CCCCOC1[C@H](OCCCC)C(C)O[C@H](OCCCCCN(Cc2ccccc2)C(=O)OCc2ccccc2)[C@H]1NC(C)=O. The molecule has 0 aliphatic carbocycles. The second-order valence-corrected chi connectivity index (χ2v) is 11.7. The van der Waals surface area contributed by atoms with E-state index in [2.05, 4.69) is 19.2 Å². The van der Waals surface area contributed by atoms with Crippen LogP contribution in [-0.4, -0.2) is 73.9 Å². The molecule has 1 aliphatic heterocycles. The summed E-state index contributed by atoms with van der Waals surface area (Å²) < 4.78 is 30.7. The van der Waals surface area contributed by atoms with E-state index in [9.17, 15) is 9.59 Å². The maximum atomic E-state index is 13.0. The number of rotatable bonds is 20. The van der Waals surface area contributed by atoms with Gasteiger partial charge in [-0.25, -0.2) is 4.79 Å². The van der Waals surface area contributed by atoms with Gasteiger partial charge in [-0.05, 0) is 50.2 Å². The van der Waals surface area contributed by atoms with Crippen molar-refractivity contribution in [3.63, 3.8) is 0 Å². The first kappa shape index (κ1) is 36.5. The summed E-state index contributed by atoms with van der Waals surface area (Å²) in [6.45, 7) is 10.7. The highest BCUT2D eigenvalue weighted by atomic mass is 16.7. The Balaban J connectivity index is 1.53. The average molecular weight is 627 g/mol. The number of ether oxygens (including phenoxy) is 5. The predicted molar refractivity (Wildman–Crippen MR) is 175 cm³/mol. The van der Waals surface area contributed by atoms with Crippen molar-refractivity contribution in [2.45, 2.75) is 116 Å². The molecule has 45 heavy (non-hydrogen) atoms. The summed E-state index contributed by atoms with van der Waals surface area (Å²) in [6, 6.07) is 19.2. The molecule has 1 saturated heterocycles. The molecule has 1 fully saturated rings. The molecule has 1 N–H and O–H groups in total. The number of carbonyl (C=O) groups is 2. The summed E-state index contributed by atoms with van der Waals surface area (Å²) in [7, 11) is 0. The Morgan fingerprint density at radius 1 is 0.778 bits per heavy atom. The predicted octanol–water partition coefficient (Wildman–Crippen LogP) is 6.63. The van der Waals surface area contributed by atoms with Crippen LogP contribution in [0.3, 0.4) is 0 Å². The third kappa shape index (κ3) is 13.1. The highest BCUT2D eigenvalue weighted by Crippen LogP contribution is 2.27. The molecule has 0 spiro atoms. The number of hydrogen-bond acceptors (Lipinski definition) is 7. The monoisotopic (exact) mass is 626 g/mol. The molecule has 0 aromatic heterocycles. The van der Waals surface area contributed by atoms with E-state index >= 15 is 0 Å². The molecule has 2 amide bonds. The topological polar surface area (TPSA) is 95.6 Å². The van der Waals surface area contributed by atoms with Crippen molar-refractivity contribution in [2.75, 3.05) is 26.4 Å². The second kappa shape index (κ2) is 20.9. The lowest BCUT2D eigenvalue weighted by Crippen LogP contribution is -2.64. The van der Waals surface area contributed by atoms with Crippen molar-refractivity contribution in [3.8, 4) is 0 Å². The summed E-state index contributed by atoms with van der Waals surface area (Å²) in [4.78, 5) is 27.0. The fourth-order valence-electron chi connectivity index (χ4n) is 5.31. The van der Waals surface area contributed by atoms with E-state index in [0.29, 0.717) is 32.9 Å². The maximum Gasteiger partial charge on any atom is 0.410 e. The van der Waals surface area contributed by atoms with E-state index in [1.807, 2.05) is 67.6 Å². The quantitative estimate of drug-likeness (QED) is 0.165. The summed E-state index contributed by atoms with van der Waals surface area (Å²) in [5.41, 5.74) is 2.01. The largest absolute Gasteiger partial charge is 0.445 e. The van der Waals surface area contributed by atoms with Crippen LogP contribution < -0.4 is 5.32 Å². The van der Waals surface area contributed by atoms with Crippen molar-refractivity contribution in [2.24, 2.45) is 0 Å². The Labute approximate surface area is 269 Å². The van der Waals surface area contributed by atoms with Gasteiger partial charge in [0.1, 0.15) is 24.9 Å². The summed E-state index contributed by atoms with van der Waals surface area (Å²) in [6.07, 6.45) is 4.43.